The molecule has 1 saturated carbocycles. The first-order valence-electron chi connectivity index (χ1n) is 15.3. The Morgan fingerprint density at radius 3 is 2.10 bits per heavy atom. The number of hydrogen-bond acceptors (Lipinski definition) is 6. The molecule has 0 spiro atoms. The van der Waals surface area contributed by atoms with Crippen molar-refractivity contribution in [2.24, 2.45) is 23.5 Å². The molecule has 6 atom stereocenters. The van der Waals surface area contributed by atoms with E-state index >= 15 is 0 Å². The van der Waals surface area contributed by atoms with Crippen LogP contribution >= 0.6 is 0 Å². The lowest BCUT2D eigenvalue weighted by molar-refractivity contribution is -0.156. The summed E-state index contributed by atoms with van der Waals surface area (Å²) in [5.41, 5.74) is 6.13. The van der Waals surface area contributed by atoms with E-state index in [1.807, 2.05) is 20.8 Å². The first kappa shape index (κ1) is 34.9. The Bertz CT molecular complexity index is 755. The number of rotatable bonds is 19. The zero-order valence-corrected chi connectivity index (χ0v) is 25.0. The lowest BCUT2D eigenvalue weighted by Gasteiger charge is -2.32. The molecule has 0 unspecified atom stereocenters. The third-order valence-corrected chi connectivity index (χ3v) is 8.28. The van der Waals surface area contributed by atoms with Crippen LogP contribution in [0, 0.1) is 17.8 Å². The van der Waals surface area contributed by atoms with Gasteiger partial charge in [-0.1, -0.05) is 91.9 Å². The third-order valence-electron chi connectivity index (χ3n) is 8.28. The summed E-state index contributed by atoms with van der Waals surface area (Å²) in [6.45, 7) is 9.45. The summed E-state index contributed by atoms with van der Waals surface area (Å²) in [7, 11) is 0. The van der Waals surface area contributed by atoms with Crippen molar-refractivity contribution in [3.05, 3.63) is 0 Å². The standard InChI is InChI=1S/C30H55N3O6/c1-6-8-9-10-11-13-16-21(4)24(39-30(38)26(31)20(3)7-2)19-25(34)33-27(23-17-14-12-15-18-23)28(35)32-22(5)29(36)37/h20-24,26-27H,6-19,31H2,1-5H3,(H,32,35)(H,33,34)(H,36,37)/t20-,21-,22-,24-,26+,27-/m0/s1. The van der Waals surface area contributed by atoms with E-state index in [0.29, 0.717) is 0 Å². The zero-order chi connectivity index (χ0) is 29.4. The highest BCUT2D eigenvalue weighted by Crippen LogP contribution is 2.27. The second-order valence-corrected chi connectivity index (χ2v) is 11.6. The Balaban J connectivity index is 2.95. The van der Waals surface area contributed by atoms with Gasteiger partial charge in [-0.3, -0.25) is 19.2 Å². The van der Waals surface area contributed by atoms with Gasteiger partial charge in [0.05, 0.1) is 6.42 Å². The van der Waals surface area contributed by atoms with Crippen LogP contribution in [0.4, 0.5) is 0 Å². The van der Waals surface area contributed by atoms with Crippen LogP contribution < -0.4 is 16.4 Å². The van der Waals surface area contributed by atoms with Gasteiger partial charge in [-0.05, 0) is 43.9 Å². The molecule has 0 aromatic rings. The van der Waals surface area contributed by atoms with Crippen LogP contribution in [0.15, 0.2) is 0 Å². The molecule has 0 saturated heterocycles. The molecule has 5 N–H and O–H groups in total. The molecule has 1 rings (SSSR count). The molecular formula is C30H55N3O6. The van der Waals surface area contributed by atoms with Crippen molar-refractivity contribution in [3.8, 4) is 0 Å². The number of hydrogen-bond donors (Lipinski definition) is 4. The van der Waals surface area contributed by atoms with Crippen LogP contribution in [0.25, 0.3) is 0 Å². The molecule has 226 valence electrons. The number of ether oxygens (including phenoxy) is 1. The average Bonchev–Trinajstić information content (AvgIpc) is 2.92. The minimum atomic E-state index is -1.13. The fraction of sp³-hybridized carbons (Fsp3) is 0.867. The molecule has 0 aromatic carbocycles. The maximum absolute atomic E-state index is 13.3. The summed E-state index contributed by atoms with van der Waals surface area (Å²) >= 11 is 0. The second-order valence-electron chi connectivity index (χ2n) is 11.6. The van der Waals surface area contributed by atoms with Gasteiger partial charge >= 0.3 is 11.9 Å². The molecule has 9 nitrogen and oxygen atoms in total. The van der Waals surface area contributed by atoms with Gasteiger partial charge in [-0.2, -0.15) is 0 Å². The van der Waals surface area contributed by atoms with E-state index in [2.05, 4.69) is 17.6 Å². The van der Waals surface area contributed by atoms with Gasteiger partial charge < -0.3 is 26.2 Å². The highest BCUT2D eigenvalue weighted by atomic mass is 16.5. The Morgan fingerprint density at radius 1 is 0.897 bits per heavy atom. The minimum absolute atomic E-state index is 0.0450. The number of carbonyl (C=O) groups is 4. The van der Waals surface area contributed by atoms with Crippen molar-refractivity contribution in [1.29, 1.82) is 0 Å². The summed E-state index contributed by atoms with van der Waals surface area (Å²) < 4.78 is 5.84. The molecule has 1 aliphatic carbocycles. The Kier molecular flexibility index (Phi) is 17.0. The number of esters is 1. The number of amides is 2. The lowest BCUT2D eigenvalue weighted by Crippen LogP contribution is -2.54. The monoisotopic (exact) mass is 553 g/mol. The van der Waals surface area contributed by atoms with Crippen molar-refractivity contribution in [2.75, 3.05) is 0 Å². The Morgan fingerprint density at radius 2 is 1.51 bits per heavy atom. The van der Waals surface area contributed by atoms with Crippen molar-refractivity contribution < 1.29 is 29.0 Å². The zero-order valence-electron chi connectivity index (χ0n) is 25.0. The van der Waals surface area contributed by atoms with E-state index in [9.17, 15) is 24.3 Å². The van der Waals surface area contributed by atoms with E-state index in [1.165, 1.54) is 26.2 Å². The van der Waals surface area contributed by atoms with Crippen molar-refractivity contribution in [1.82, 2.24) is 10.6 Å². The number of unbranched alkanes of at least 4 members (excludes halogenated alkanes) is 5. The number of carboxylic acids is 1. The van der Waals surface area contributed by atoms with Crippen molar-refractivity contribution in [3.63, 3.8) is 0 Å². The molecular weight excluding hydrogens is 498 g/mol. The van der Waals surface area contributed by atoms with Gasteiger partial charge in [0.15, 0.2) is 0 Å². The maximum Gasteiger partial charge on any atom is 0.325 e. The van der Waals surface area contributed by atoms with Crippen molar-refractivity contribution in [2.45, 2.75) is 149 Å². The first-order chi connectivity index (χ1) is 18.5. The van der Waals surface area contributed by atoms with Crippen LogP contribution in [0.3, 0.4) is 0 Å². The molecule has 0 aromatic heterocycles. The van der Waals surface area contributed by atoms with Crippen LogP contribution in [0.1, 0.15) is 125 Å². The Labute approximate surface area is 235 Å². The quantitative estimate of drug-likeness (QED) is 0.134. The SMILES string of the molecule is CCCCCCCC[C@H](C)[C@H](CC(=O)N[C@H](C(=O)N[C@@H](C)C(=O)O)C1CCCCC1)OC(=O)[C@H](N)[C@@H](C)CC. The number of carbonyl (C=O) groups excluding carboxylic acids is 3. The van der Waals surface area contributed by atoms with Crippen molar-refractivity contribution >= 4 is 23.8 Å². The minimum Gasteiger partial charge on any atom is -0.480 e. The van der Waals surface area contributed by atoms with E-state index in [-0.39, 0.29) is 30.1 Å². The summed E-state index contributed by atoms with van der Waals surface area (Å²) in [6.07, 6.45) is 12.3. The van der Waals surface area contributed by atoms with Gasteiger partial charge in [0.2, 0.25) is 11.8 Å². The number of aliphatic carboxylic acids is 1. The summed E-state index contributed by atoms with van der Waals surface area (Å²) in [5.74, 6) is -2.67. The second kappa shape index (κ2) is 19.0. The number of carboxylic acid groups (broad SMARTS) is 1. The maximum atomic E-state index is 13.3. The predicted molar refractivity (Wildman–Crippen MR) is 153 cm³/mol. The van der Waals surface area contributed by atoms with Crippen LogP contribution in [0.2, 0.25) is 0 Å². The summed E-state index contributed by atoms with van der Waals surface area (Å²) in [4.78, 5) is 50.5. The third kappa shape index (κ3) is 13.2. The van der Waals surface area contributed by atoms with Gasteiger partial charge in [-0.25, -0.2) is 0 Å². The average molecular weight is 554 g/mol. The predicted octanol–water partition coefficient (Wildman–Crippen LogP) is 4.70. The fourth-order valence-electron chi connectivity index (χ4n) is 5.15. The van der Waals surface area contributed by atoms with Gasteiger partial charge in [0.25, 0.3) is 0 Å². The molecule has 1 fully saturated rings. The summed E-state index contributed by atoms with van der Waals surface area (Å²) in [6, 6.07) is -2.65. The van der Waals surface area contributed by atoms with Gasteiger partial charge in [0.1, 0.15) is 24.2 Å². The van der Waals surface area contributed by atoms with E-state index < -0.39 is 42.1 Å². The number of nitrogens with two attached hydrogens (primary N) is 1. The molecule has 9 heteroatoms. The fourth-order valence-corrected chi connectivity index (χ4v) is 5.15. The molecule has 1 aliphatic rings. The lowest BCUT2D eigenvalue weighted by atomic mass is 9.83. The largest absolute Gasteiger partial charge is 0.480 e. The van der Waals surface area contributed by atoms with E-state index in [0.717, 1.165) is 64.2 Å². The molecule has 0 radical (unpaired) electrons. The normalized spacial score (nSPS) is 18.7. The van der Waals surface area contributed by atoms with Crippen LogP contribution in [0.5, 0.6) is 0 Å². The van der Waals surface area contributed by atoms with Gasteiger partial charge in [0, 0.05) is 0 Å². The first-order valence-corrected chi connectivity index (χ1v) is 15.3. The van der Waals surface area contributed by atoms with E-state index in [1.54, 1.807) is 0 Å². The molecule has 39 heavy (non-hydrogen) atoms. The van der Waals surface area contributed by atoms with Gasteiger partial charge in [-0.15, -0.1) is 0 Å². The summed E-state index contributed by atoms with van der Waals surface area (Å²) in [5, 5.41) is 14.6. The Hall–Kier alpha value is -2.16. The smallest absolute Gasteiger partial charge is 0.325 e. The van der Waals surface area contributed by atoms with Crippen LogP contribution in [-0.4, -0.2) is 53.1 Å². The topological polar surface area (TPSA) is 148 Å². The number of nitrogens with one attached hydrogen (secondary N) is 2. The van der Waals surface area contributed by atoms with Crippen LogP contribution in [-0.2, 0) is 23.9 Å². The molecule has 0 aliphatic heterocycles. The van der Waals surface area contributed by atoms with E-state index in [4.69, 9.17) is 10.5 Å². The highest BCUT2D eigenvalue weighted by molar-refractivity contribution is 5.90. The molecule has 0 heterocycles. The molecule has 0 bridgehead atoms. The highest BCUT2D eigenvalue weighted by Gasteiger charge is 2.34. The molecule has 2 amide bonds.